The third-order valence-electron chi connectivity index (χ3n) is 3.60. The number of anilines is 1. The van der Waals surface area contributed by atoms with Gasteiger partial charge in [-0.3, -0.25) is 4.79 Å². The Morgan fingerprint density at radius 1 is 1.40 bits per heavy atom. The van der Waals surface area contributed by atoms with Crippen molar-refractivity contribution >= 4 is 11.7 Å². The first kappa shape index (κ1) is 14.5. The molecule has 0 unspecified atom stereocenters. The van der Waals surface area contributed by atoms with Crippen molar-refractivity contribution in [1.82, 2.24) is 15.2 Å². The first-order valence-corrected chi connectivity index (χ1v) is 7.05. The Kier molecular flexibility index (Phi) is 5.12. The monoisotopic (exact) mass is 274 g/mol. The Balaban J connectivity index is 1.88. The summed E-state index contributed by atoms with van der Waals surface area (Å²) in [6.45, 7) is 11.4. The highest BCUT2D eigenvalue weighted by Gasteiger charge is 2.16. The van der Waals surface area contributed by atoms with Crippen LogP contribution in [0.1, 0.15) is 12.5 Å². The smallest absolute Gasteiger partial charge is 0.243 e. The zero-order valence-corrected chi connectivity index (χ0v) is 12.0. The number of nitrogens with zero attached hydrogens (tertiary/aromatic N) is 3. The second-order valence-corrected chi connectivity index (χ2v) is 4.87. The highest BCUT2D eigenvalue weighted by atomic mass is 16.1. The third kappa shape index (κ3) is 3.81. The predicted molar refractivity (Wildman–Crippen MR) is 80.6 cm³/mol. The van der Waals surface area contributed by atoms with E-state index in [9.17, 15) is 4.79 Å². The molecule has 1 amide bonds. The van der Waals surface area contributed by atoms with Crippen LogP contribution >= 0.6 is 0 Å². The number of amides is 1. The first-order chi connectivity index (χ1) is 9.72. The van der Waals surface area contributed by atoms with Crippen LogP contribution in [0.3, 0.4) is 0 Å². The van der Waals surface area contributed by atoms with E-state index in [2.05, 4.69) is 33.6 Å². The van der Waals surface area contributed by atoms with Crippen molar-refractivity contribution in [2.75, 3.05) is 37.6 Å². The molecular formula is C15H22N4O. The Bertz CT molecular complexity index is 449. The van der Waals surface area contributed by atoms with Gasteiger partial charge in [0.15, 0.2) is 0 Å². The van der Waals surface area contributed by atoms with E-state index in [0.29, 0.717) is 6.54 Å². The van der Waals surface area contributed by atoms with Crippen molar-refractivity contribution in [3.8, 4) is 0 Å². The fraction of sp³-hybridized carbons (Fsp3) is 0.467. The minimum Gasteiger partial charge on any atom is -0.354 e. The summed E-state index contributed by atoms with van der Waals surface area (Å²) in [5.74, 6) is 0.851. The van der Waals surface area contributed by atoms with Gasteiger partial charge in [0, 0.05) is 38.9 Å². The summed E-state index contributed by atoms with van der Waals surface area (Å²) in [5, 5.41) is 2.74. The van der Waals surface area contributed by atoms with Crippen molar-refractivity contribution in [2.45, 2.75) is 13.5 Å². The van der Waals surface area contributed by atoms with Gasteiger partial charge in [0.2, 0.25) is 5.91 Å². The lowest BCUT2D eigenvalue weighted by molar-refractivity contribution is -0.116. The van der Waals surface area contributed by atoms with Gasteiger partial charge in [-0.1, -0.05) is 19.6 Å². The lowest BCUT2D eigenvalue weighted by Gasteiger charge is -2.34. The maximum absolute atomic E-state index is 11.1. The molecule has 0 bridgehead atoms. The first-order valence-electron chi connectivity index (χ1n) is 7.05. The van der Waals surface area contributed by atoms with Crippen LogP contribution in [0.2, 0.25) is 0 Å². The number of aromatic nitrogens is 1. The minimum atomic E-state index is -0.162. The van der Waals surface area contributed by atoms with Gasteiger partial charge < -0.3 is 15.1 Å². The van der Waals surface area contributed by atoms with E-state index in [0.717, 1.165) is 44.1 Å². The second-order valence-electron chi connectivity index (χ2n) is 4.87. The fourth-order valence-electron chi connectivity index (χ4n) is 2.26. The average Bonchev–Trinajstić information content (AvgIpc) is 2.53. The van der Waals surface area contributed by atoms with Crippen LogP contribution in [0, 0.1) is 0 Å². The number of rotatable bonds is 5. The van der Waals surface area contributed by atoms with Crippen LogP contribution in [0.25, 0.3) is 0 Å². The number of piperazine rings is 1. The molecule has 1 aromatic rings. The van der Waals surface area contributed by atoms with Crippen molar-refractivity contribution in [3.63, 3.8) is 0 Å². The van der Waals surface area contributed by atoms with Gasteiger partial charge in [0.05, 0.1) is 0 Å². The van der Waals surface area contributed by atoms with Crippen LogP contribution in [0.5, 0.6) is 0 Å². The summed E-state index contributed by atoms with van der Waals surface area (Å²) in [4.78, 5) is 20.3. The third-order valence-corrected chi connectivity index (χ3v) is 3.60. The van der Waals surface area contributed by atoms with Crippen molar-refractivity contribution in [1.29, 1.82) is 0 Å². The quantitative estimate of drug-likeness (QED) is 0.815. The van der Waals surface area contributed by atoms with Gasteiger partial charge in [-0.15, -0.1) is 0 Å². The highest BCUT2D eigenvalue weighted by molar-refractivity contribution is 5.86. The summed E-state index contributed by atoms with van der Waals surface area (Å²) in [5.41, 5.74) is 0.996. The maximum atomic E-state index is 11.1. The lowest BCUT2D eigenvalue weighted by Crippen LogP contribution is -2.46. The second kappa shape index (κ2) is 7.05. The molecule has 5 nitrogen and oxygen atoms in total. The zero-order chi connectivity index (χ0) is 14.4. The molecule has 108 valence electrons. The Morgan fingerprint density at radius 3 is 2.70 bits per heavy atom. The van der Waals surface area contributed by atoms with Gasteiger partial charge in [0.1, 0.15) is 5.82 Å². The molecule has 0 spiro atoms. The summed E-state index contributed by atoms with van der Waals surface area (Å²) in [7, 11) is 0. The molecule has 20 heavy (non-hydrogen) atoms. The lowest BCUT2D eigenvalue weighted by atomic mass is 10.2. The van der Waals surface area contributed by atoms with Gasteiger partial charge in [0.25, 0.3) is 0 Å². The zero-order valence-electron chi connectivity index (χ0n) is 12.0. The molecule has 0 atom stereocenters. The van der Waals surface area contributed by atoms with Crippen molar-refractivity contribution in [3.05, 3.63) is 36.5 Å². The van der Waals surface area contributed by atoms with E-state index in [-0.39, 0.29) is 5.91 Å². The molecule has 0 radical (unpaired) electrons. The van der Waals surface area contributed by atoms with Crippen LogP contribution < -0.4 is 10.2 Å². The molecule has 2 rings (SSSR count). The number of carbonyl (C=O) groups is 1. The number of carbonyl (C=O) groups excluding carboxylic acids is 1. The minimum absolute atomic E-state index is 0.162. The van der Waals surface area contributed by atoms with Crippen molar-refractivity contribution in [2.24, 2.45) is 0 Å². The van der Waals surface area contributed by atoms with Gasteiger partial charge in [-0.2, -0.15) is 0 Å². The van der Waals surface area contributed by atoms with E-state index in [1.54, 1.807) is 0 Å². The molecule has 0 saturated carbocycles. The molecule has 0 aromatic carbocycles. The number of pyridine rings is 1. The summed E-state index contributed by atoms with van der Waals surface area (Å²) < 4.78 is 0. The van der Waals surface area contributed by atoms with E-state index < -0.39 is 0 Å². The number of nitrogens with one attached hydrogen (secondary N) is 1. The number of likely N-dealkylation sites (N-methyl/N-ethyl adjacent to an activating group) is 1. The fourth-order valence-corrected chi connectivity index (χ4v) is 2.26. The molecular weight excluding hydrogens is 252 g/mol. The van der Waals surface area contributed by atoms with E-state index >= 15 is 0 Å². The van der Waals surface area contributed by atoms with Crippen molar-refractivity contribution < 1.29 is 4.79 Å². The van der Waals surface area contributed by atoms with Gasteiger partial charge in [-0.05, 0) is 24.3 Å². The molecule has 1 N–H and O–H groups in total. The maximum Gasteiger partial charge on any atom is 0.243 e. The van der Waals surface area contributed by atoms with E-state index in [4.69, 9.17) is 0 Å². The largest absolute Gasteiger partial charge is 0.354 e. The van der Waals surface area contributed by atoms with Crippen LogP contribution in [-0.2, 0) is 11.3 Å². The predicted octanol–water partition coefficient (Wildman–Crippen LogP) is 1.03. The Hall–Kier alpha value is -1.88. The SMILES string of the molecule is C=CC(=O)NCc1ccc(N2CCN(CC)CC2)nc1. The van der Waals surface area contributed by atoms with Crippen LogP contribution in [0.15, 0.2) is 31.0 Å². The molecule has 1 fully saturated rings. The molecule has 0 aliphatic carbocycles. The van der Waals surface area contributed by atoms with E-state index in [1.165, 1.54) is 6.08 Å². The molecule has 1 aromatic heterocycles. The average molecular weight is 274 g/mol. The van der Waals surface area contributed by atoms with Gasteiger partial charge in [-0.25, -0.2) is 4.98 Å². The number of hydrogen-bond donors (Lipinski definition) is 1. The molecule has 1 saturated heterocycles. The molecule has 1 aliphatic heterocycles. The molecule has 5 heteroatoms. The summed E-state index contributed by atoms with van der Waals surface area (Å²) >= 11 is 0. The Morgan fingerprint density at radius 2 is 2.15 bits per heavy atom. The van der Waals surface area contributed by atoms with E-state index in [1.807, 2.05) is 18.3 Å². The Labute approximate surface area is 120 Å². The van der Waals surface area contributed by atoms with Crippen LogP contribution in [0.4, 0.5) is 5.82 Å². The normalized spacial score (nSPS) is 15.9. The highest BCUT2D eigenvalue weighted by Crippen LogP contribution is 2.13. The standard InChI is InChI=1S/C15H22N4O/c1-3-15(20)17-12-13-5-6-14(16-11-13)19-9-7-18(4-2)8-10-19/h3,5-6,11H,1,4,7-10,12H2,2H3,(H,17,20). The summed E-state index contributed by atoms with van der Waals surface area (Å²) in [6.07, 6.45) is 3.10. The van der Waals surface area contributed by atoms with Crippen LogP contribution in [-0.4, -0.2) is 48.5 Å². The molecule has 1 aliphatic rings. The van der Waals surface area contributed by atoms with Gasteiger partial charge >= 0.3 is 0 Å². The molecule has 2 heterocycles. The summed E-state index contributed by atoms with van der Waals surface area (Å²) in [6, 6.07) is 4.04. The number of hydrogen-bond acceptors (Lipinski definition) is 4. The topological polar surface area (TPSA) is 48.5 Å².